The summed E-state index contributed by atoms with van der Waals surface area (Å²) in [5, 5.41) is 9.42. The standard InChI is InChI=1S/C18H19N3OS/c1-22-13-12-21-14-19-20-18(21)23-17(15-8-4-2-5-9-15)16-10-6-3-7-11-16/h2-11,14,17H,12-13H2,1H3. The van der Waals surface area contributed by atoms with Crippen molar-refractivity contribution in [2.24, 2.45) is 0 Å². The van der Waals surface area contributed by atoms with Crippen LogP contribution in [0.3, 0.4) is 0 Å². The number of benzene rings is 2. The molecule has 0 amide bonds. The molecule has 0 aliphatic heterocycles. The first-order chi connectivity index (χ1) is 11.4. The van der Waals surface area contributed by atoms with Crippen LogP contribution in [0.4, 0.5) is 0 Å². The lowest BCUT2D eigenvalue weighted by atomic mass is 10.0. The van der Waals surface area contributed by atoms with Gasteiger partial charge >= 0.3 is 0 Å². The molecule has 3 aromatic rings. The van der Waals surface area contributed by atoms with Gasteiger partial charge in [-0.2, -0.15) is 0 Å². The third-order valence-electron chi connectivity index (χ3n) is 3.54. The molecule has 0 bridgehead atoms. The molecule has 118 valence electrons. The number of hydrogen-bond donors (Lipinski definition) is 0. The summed E-state index contributed by atoms with van der Waals surface area (Å²) >= 11 is 1.71. The quantitative estimate of drug-likeness (QED) is 0.619. The lowest BCUT2D eigenvalue weighted by Gasteiger charge is -2.17. The van der Waals surface area contributed by atoms with Crippen molar-refractivity contribution in [2.45, 2.75) is 17.0 Å². The first kappa shape index (κ1) is 15.8. The smallest absolute Gasteiger partial charge is 0.192 e. The molecule has 0 aliphatic carbocycles. The van der Waals surface area contributed by atoms with Crippen LogP contribution in [0, 0.1) is 0 Å². The lowest BCUT2D eigenvalue weighted by Crippen LogP contribution is -2.06. The normalized spacial score (nSPS) is 11.0. The second-order valence-corrected chi connectivity index (χ2v) is 6.19. The van der Waals surface area contributed by atoms with E-state index >= 15 is 0 Å². The van der Waals surface area contributed by atoms with E-state index in [9.17, 15) is 0 Å². The van der Waals surface area contributed by atoms with Crippen LogP contribution in [0.15, 0.2) is 72.1 Å². The molecular weight excluding hydrogens is 306 g/mol. The van der Waals surface area contributed by atoms with Crippen LogP contribution in [0.25, 0.3) is 0 Å². The average Bonchev–Trinajstić information content (AvgIpc) is 3.06. The monoisotopic (exact) mass is 325 g/mol. The van der Waals surface area contributed by atoms with Crippen molar-refractivity contribution < 1.29 is 4.74 Å². The molecular formula is C18H19N3OS. The number of hydrogen-bond acceptors (Lipinski definition) is 4. The minimum absolute atomic E-state index is 0.183. The molecule has 5 heteroatoms. The highest BCUT2D eigenvalue weighted by Gasteiger charge is 2.18. The topological polar surface area (TPSA) is 39.9 Å². The van der Waals surface area contributed by atoms with Crippen LogP contribution in [0.5, 0.6) is 0 Å². The van der Waals surface area contributed by atoms with E-state index in [0.717, 1.165) is 11.7 Å². The van der Waals surface area contributed by atoms with Crippen molar-refractivity contribution in [3.63, 3.8) is 0 Å². The molecule has 2 aromatic carbocycles. The van der Waals surface area contributed by atoms with E-state index < -0.39 is 0 Å². The maximum Gasteiger partial charge on any atom is 0.192 e. The first-order valence-corrected chi connectivity index (χ1v) is 8.39. The Hall–Kier alpha value is -2.11. The van der Waals surface area contributed by atoms with Gasteiger partial charge in [-0.3, -0.25) is 0 Å². The predicted octanol–water partition coefficient (Wildman–Crippen LogP) is 3.81. The molecule has 1 heterocycles. The minimum atomic E-state index is 0.183. The molecule has 1 aromatic heterocycles. The molecule has 0 saturated carbocycles. The third-order valence-corrected chi connectivity index (χ3v) is 4.85. The zero-order valence-corrected chi connectivity index (χ0v) is 13.8. The number of ether oxygens (including phenoxy) is 1. The van der Waals surface area contributed by atoms with Crippen LogP contribution < -0.4 is 0 Å². The zero-order valence-electron chi connectivity index (χ0n) is 13.0. The number of methoxy groups -OCH3 is 1. The summed E-state index contributed by atoms with van der Waals surface area (Å²) in [6.45, 7) is 1.40. The largest absolute Gasteiger partial charge is 0.383 e. The Bertz CT molecular complexity index is 676. The molecule has 0 N–H and O–H groups in total. The highest BCUT2D eigenvalue weighted by Crippen LogP contribution is 2.39. The van der Waals surface area contributed by atoms with Crippen molar-refractivity contribution in [3.05, 3.63) is 78.1 Å². The number of thioether (sulfide) groups is 1. The van der Waals surface area contributed by atoms with E-state index in [-0.39, 0.29) is 5.25 Å². The Kier molecular flexibility index (Phi) is 5.45. The summed E-state index contributed by atoms with van der Waals surface area (Å²) in [4.78, 5) is 0. The maximum absolute atomic E-state index is 5.16. The fraction of sp³-hybridized carbons (Fsp3) is 0.222. The van der Waals surface area contributed by atoms with Crippen LogP contribution >= 0.6 is 11.8 Å². The van der Waals surface area contributed by atoms with E-state index in [0.29, 0.717) is 6.61 Å². The van der Waals surface area contributed by atoms with Gasteiger partial charge in [0.1, 0.15) is 6.33 Å². The van der Waals surface area contributed by atoms with Gasteiger partial charge in [-0.05, 0) is 11.1 Å². The van der Waals surface area contributed by atoms with Gasteiger partial charge in [0.25, 0.3) is 0 Å². The van der Waals surface area contributed by atoms with E-state index in [1.165, 1.54) is 11.1 Å². The van der Waals surface area contributed by atoms with Gasteiger partial charge in [0.15, 0.2) is 5.16 Å². The van der Waals surface area contributed by atoms with Crippen molar-refractivity contribution in [2.75, 3.05) is 13.7 Å². The number of aromatic nitrogens is 3. The summed E-state index contributed by atoms with van der Waals surface area (Å²) in [6, 6.07) is 21.0. The summed E-state index contributed by atoms with van der Waals surface area (Å²) in [5.41, 5.74) is 2.51. The van der Waals surface area contributed by atoms with Crippen LogP contribution in [-0.4, -0.2) is 28.5 Å². The molecule has 4 nitrogen and oxygen atoms in total. The van der Waals surface area contributed by atoms with Gasteiger partial charge in [0, 0.05) is 13.7 Å². The van der Waals surface area contributed by atoms with E-state index in [4.69, 9.17) is 4.74 Å². The highest BCUT2D eigenvalue weighted by atomic mass is 32.2. The molecule has 0 saturated heterocycles. The van der Waals surface area contributed by atoms with Gasteiger partial charge < -0.3 is 9.30 Å². The molecule has 0 fully saturated rings. The van der Waals surface area contributed by atoms with Gasteiger partial charge in [0.05, 0.1) is 11.9 Å². The molecule has 3 rings (SSSR count). The molecule has 0 aliphatic rings. The Morgan fingerprint density at radius 2 is 1.61 bits per heavy atom. The number of nitrogens with zero attached hydrogens (tertiary/aromatic N) is 3. The van der Waals surface area contributed by atoms with Crippen LogP contribution in [0.2, 0.25) is 0 Å². The summed E-state index contributed by atoms with van der Waals surface area (Å²) in [7, 11) is 1.70. The SMILES string of the molecule is COCCn1cnnc1SC(c1ccccc1)c1ccccc1. The summed E-state index contributed by atoms with van der Waals surface area (Å²) in [6.07, 6.45) is 1.76. The van der Waals surface area contributed by atoms with Gasteiger partial charge in [-0.15, -0.1) is 10.2 Å². The molecule has 0 atom stereocenters. The second-order valence-electron chi connectivity index (χ2n) is 5.12. The fourth-order valence-electron chi connectivity index (χ4n) is 2.37. The van der Waals surface area contributed by atoms with Crippen LogP contribution in [-0.2, 0) is 11.3 Å². The Balaban J connectivity index is 1.90. The molecule has 0 radical (unpaired) electrons. The fourth-order valence-corrected chi connectivity index (χ4v) is 3.53. The van der Waals surface area contributed by atoms with E-state index in [2.05, 4.69) is 58.7 Å². The molecule has 0 unspecified atom stereocenters. The van der Waals surface area contributed by atoms with E-state index in [1.807, 2.05) is 16.7 Å². The predicted molar refractivity (Wildman–Crippen MR) is 92.5 cm³/mol. The average molecular weight is 325 g/mol. The molecule has 0 spiro atoms. The third kappa shape index (κ3) is 4.00. The lowest BCUT2D eigenvalue weighted by molar-refractivity contribution is 0.184. The summed E-state index contributed by atoms with van der Waals surface area (Å²) < 4.78 is 7.19. The van der Waals surface area contributed by atoms with Crippen molar-refractivity contribution in [1.29, 1.82) is 0 Å². The summed E-state index contributed by atoms with van der Waals surface area (Å²) in [5.74, 6) is 0. The zero-order chi connectivity index (χ0) is 15.9. The van der Waals surface area contributed by atoms with Crippen molar-refractivity contribution in [3.8, 4) is 0 Å². The van der Waals surface area contributed by atoms with E-state index in [1.54, 1.807) is 25.2 Å². The van der Waals surface area contributed by atoms with Crippen LogP contribution in [0.1, 0.15) is 16.4 Å². The second kappa shape index (κ2) is 7.94. The Labute approximate surface area is 140 Å². The highest BCUT2D eigenvalue weighted by molar-refractivity contribution is 7.99. The maximum atomic E-state index is 5.16. The number of rotatable bonds is 7. The van der Waals surface area contributed by atoms with Crippen molar-refractivity contribution >= 4 is 11.8 Å². The Morgan fingerprint density at radius 1 is 1.00 bits per heavy atom. The van der Waals surface area contributed by atoms with Gasteiger partial charge in [-0.25, -0.2) is 0 Å². The Morgan fingerprint density at radius 3 is 2.17 bits per heavy atom. The van der Waals surface area contributed by atoms with Crippen molar-refractivity contribution in [1.82, 2.24) is 14.8 Å². The van der Waals surface area contributed by atoms with Gasteiger partial charge in [0.2, 0.25) is 0 Å². The minimum Gasteiger partial charge on any atom is -0.383 e. The first-order valence-electron chi connectivity index (χ1n) is 7.52. The molecule has 23 heavy (non-hydrogen) atoms. The van der Waals surface area contributed by atoms with Gasteiger partial charge in [-0.1, -0.05) is 72.4 Å².